The smallest absolute Gasteiger partial charge is 0.407 e. The van der Waals surface area contributed by atoms with Crippen molar-refractivity contribution in [3.8, 4) is 0 Å². The van der Waals surface area contributed by atoms with Crippen LogP contribution in [0.25, 0.3) is 0 Å². The van der Waals surface area contributed by atoms with E-state index in [-0.39, 0.29) is 18.9 Å². The number of rotatable bonds is 10. The van der Waals surface area contributed by atoms with Crippen LogP contribution in [-0.2, 0) is 15.1 Å². The lowest BCUT2D eigenvalue weighted by Crippen LogP contribution is -2.39. The Hall–Kier alpha value is -2.38. The lowest BCUT2D eigenvalue weighted by Gasteiger charge is -2.30. The van der Waals surface area contributed by atoms with Crippen molar-refractivity contribution in [3.63, 3.8) is 0 Å². The highest BCUT2D eigenvalue weighted by molar-refractivity contribution is 9.10. The van der Waals surface area contributed by atoms with Gasteiger partial charge in [-0.1, -0.05) is 65.3 Å². The van der Waals surface area contributed by atoms with Crippen molar-refractivity contribution in [1.29, 1.82) is 0 Å². The third-order valence-electron chi connectivity index (χ3n) is 5.17. The minimum Gasteiger partial charge on any atom is -0.481 e. The molecule has 2 atom stereocenters. The number of halogens is 1. The maximum absolute atomic E-state index is 12.3. The van der Waals surface area contributed by atoms with E-state index >= 15 is 0 Å². The Labute approximate surface area is 191 Å². The average Bonchev–Trinajstić information content (AvgIpc) is 2.67. The minimum atomic E-state index is -1.58. The van der Waals surface area contributed by atoms with E-state index in [1.54, 1.807) is 30.3 Å². The lowest BCUT2D eigenvalue weighted by atomic mass is 9.87. The topological polar surface area (TPSA) is 95.9 Å². The van der Waals surface area contributed by atoms with Crippen molar-refractivity contribution in [2.24, 2.45) is 0 Å². The highest BCUT2D eigenvalue weighted by Crippen LogP contribution is 2.30. The Morgan fingerprint density at radius 1 is 1.10 bits per heavy atom. The lowest BCUT2D eigenvalue weighted by molar-refractivity contribution is -0.143. The summed E-state index contributed by atoms with van der Waals surface area (Å²) >= 11 is 3.43. The second-order valence-electron chi connectivity index (χ2n) is 8.45. The summed E-state index contributed by atoms with van der Waals surface area (Å²) in [6, 6.07) is 16.7. The number of benzene rings is 2. The molecular formula is C24H30BrNO5. The molecule has 0 saturated heterocycles. The van der Waals surface area contributed by atoms with Crippen LogP contribution in [0.1, 0.15) is 57.1 Å². The van der Waals surface area contributed by atoms with Crippen LogP contribution in [0, 0.1) is 0 Å². The van der Waals surface area contributed by atoms with Crippen LogP contribution in [0.2, 0.25) is 0 Å². The van der Waals surface area contributed by atoms with Gasteiger partial charge in [-0.2, -0.15) is 0 Å². The average molecular weight is 492 g/mol. The van der Waals surface area contributed by atoms with Crippen molar-refractivity contribution in [2.45, 2.75) is 57.2 Å². The standard InChI is InChI=1S/C24H30BrNO5/c1-17(18-9-11-20(25)12-10-18)15-23(2,3)31-22(29)26-14-13-24(30,16-21(27)28)19-7-5-4-6-8-19/h4-12,17,30H,13-16H2,1-3H3,(H,26,29)(H,27,28)/t17-,24?/m0/s1. The molecule has 3 N–H and O–H groups in total. The van der Waals surface area contributed by atoms with Gasteiger partial charge in [-0.15, -0.1) is 0 Å². The Morgan fingerprint density at radius 3 is 2.29 bits per heavy atom. The van der Waals surface area contributed by atoms with Crippen molar-refractivity contribution >= 4 is 28.0 Å². The van der Waals surface area contributed by atoms with Gasteiger partial charge in [-0.3, -0.25) is 4.79 Å². The largest absolute Gasteiger partial charge is 0.481 e. The summed E-state index contributed by atoms with van der Waals surface area (Å²) in [5, 5.41) is 22.7. The summed E-state index contributed by atoms with van der Waals surface area (Å²) in [5.74, 6) is -0.924. The number of alkyl carbamates (subject to hydrolysis) is 1. The maximum atomic E-state index is 12.3. The number of carbonyl (C=O) groups excluding carboxylic acids is 1. The fraction of sp³-hybridized carbons (Fsp3) is 0.417. The minimum absolute atomic E-state index is 0.0497. The second-order valence-corrected chi connectivity index (χ2v) is 9.37. The second kappa shape index (κ2) is 10.8. The number of hydrogen-bond donors (Lipinski definition) is 3. The number of aliphatic hydroxyl groups is 1. The summed E-state index contributed by atoms with van der Waals surface area (Å²) in [5.41, 5.74) is -0.627. The first-order valence-corrected chi connectivity index (χ1v) is 11.0. The first kappa shape index (κ1) is 24.9. The van der Waals surface area contributed by atoms with Crippen molar-refractivity contribution in [1.82, 2.24) is 5.32 Å². The molecule has 0 aliphatic carbocycles. The van der Waals surface area contributed by atoms with Crippen LogP contribution in [0.15, 0.2) is 59.1 Å². The van der Waals surface area contributed by atoms with E-state index in [1.165, 1.54) is 0 Å². The Kier molecular flexibility index (Phi) is 8.65. The molecule has 168 valence electrons. The molecule has 7 heteroatoms. The Bertz CT molecular complexity index is 869. The summed E-state index contributed by atoms with van der Waals surface area (Å²) in [6.07, 6.45) is -0.369. The zero-order chi connectivity index (χ0) is 23.1. The number of nitrogens with one attached hydrogen (secondary N) is 1. The van der Waals surface area contributed by atoms with Crippen LogP contribution in [-0.4, -0.2) is 34.4 Å². The number of amides is 1. The van der Waals surface area contributed by atoms with Crippen LogP contribution >= 0.6 is 15.9 Å². The van der Waals surface area contributed by atoms with Gasteiger partial charge in [-0.05, 0) is 55.9 Å². The predicted octanol–water partition coefficient (Wildman–Crippen LogP) is 5.20. The van der Waals surface area contributed by atoms with Gasteiger partial charge in [0.2, 0.25) is 0 Å². The normalized spacial score (nSPS) is 14.4. The zero-order valence-electron chi connectivity index (χ0n) is 18.1. The third kappa shape index (κ3) is 7.99. The van der Waals surface area contributed by atoms with Gasteiger partial charge >= 0.3 is 12.1 Å². The van der Waals surface area contributed by atoms with E-state index in [4.69, 9.17) is 4.74 Å². The van der Waals surface area contributed by atoms with Gasteiger partial charge in [0.05, 0.1) is 6.42 Å². The van der Waals surface area contributed by atoms with Gasteiger partial charge in [-0.25, -0.2) is 4.79 Å². The van der Waals surface area contributed by atoms with E-state index in [1.807, 2.05) is 38.1 Å². The van der Waals surface area contributed by atoms with Crippen LogP contribution in [0.5, 0.6) is 0 Å². The van der Waals surface area contributed by atoms with Crippen molar-refractivity contribution < 1.29 is 24.5 Å². The van der Waals surface area contributed by atoms with Crippen molar-refractivity contribution in [3.05, 3.63) is 70.2 Å². The van der Waals surface area contributed by atoms with Gasteiger partial charge in [0.25, 0.3) is 0 Å². The molecule has 0 aliphatic heterocycles. The zero-order valence-corrected chi connectivity index (χ0v) is 19.7. The molecule has 0 spiro atoms. The highest BCUT2D eigenvalue weighted by Gasteiger charge is 2.32. The SMILES string of the molecule is C[C@@H](CC(C)(C)OC(=O)NCCC(O)(CC(=O)O)c1ccccc1)c1ccc(Br)cc1. The molecule has 0 heterocycles. The summed E-state index contributed by atoms with van der Waals surface area (Å²) < 4.78 is 6.61. The number of carboxylic acid groups (broad SMARTS) is 1. The molecule has 2 rings (SSSR count). The quantitative estimate of drug-likeness (QED) is 0.424. The number of aliphatic carboxylic acids is 1. The predicted molar refractivity (Wildman–Crippen MR) is 123 cm³/mol. The molecule has 31 heavy (non-hydrogen) atoms. The molecule has 0 fully saturated rings. The summed E-state index contributed by atoms with van der Waals surface area (Å²) in [6.45, 7) is 5.87. The fourth-order valence-electron chi connectivity index (χ4n) is 3.68. The fourth-order valence-corrected chi connectivity index (χ4v) is 3.94. The first-order valence-electron chi connectivity index (χ1n) is 10.2. The van der Waals surface area contributed by atoms with Crippen molar-refractivity contribution in [2.75, 3.05) is 6.54 Å². The summed E-state index contributed by atoms with van der Waals surface area (Å²) in [7, 11) is 0. The molecule has 2 aromatic rings. The van der Waals surface area contributed by atoms with Gasteiger partial charge in [0, 0.05) is 11.0 Å². The number of hydrogen-bond acceptors (Lipinski definition) is 4. The Balaban J connectivity index is 1.90. The molecule has 1 unspecified atom stereocenters. The highest BCUT2D eigenvalue weighted by atomic mass is 79.9. The van der Waals surface area contributed by atoms with E-state index in [0.717, 1.165) is 10.0 Å². The molecule has 0 aliphatic rings. The molecule has 6 nitrogen and oxygen atoms in total. The van der Waals surface area contributed by atoms with Crippen LogP contribution < -0.4 is 5.32 Å². The Morgan fingerprint density at radius 2 is 1.71 bits per heavy atom. The monoisotopic (exact) mass is 491 g/mol. The number of ether oxygens (including phenoxy) is 1. The van der Waals surface area contributed by atoms with E-state index < -0.39 is 29.7 Å². The molecule has 0 saturated carbocycles. The molecule has 1 amide bonds. The molecule has 0 radical (unpaired) electrons. The summed E-state index contributed by atoms with van der Waals surface area (Å²) in [4.78, 5) is 23.6. The molecule has 0 bridgehead atoms. The molecule has 0 aromatic heterocycles. The first-order chi connectivity index (χ1) is 14.5. The molecule has 2 aromatic carbocycles. The van der Waals surface area contributed by atoms with Crippen LogP contribution in [0.4, 0.5) is 4.79 Å². The van der Waals surface area contributed by atoms with E-state index in [0.29, 0.717) is 12.0 Å². The number of carboxylic acids is 1. The van der Waals surface area contributed by atoms with Gasteiger partial charge < -0.3 is 20.3 Å². The van der Waals surface area contributed by atoms with E-state index in [2.05, 4.69) is 28.2 Å². The van der Waals surface area contributed by atoms with Gasteiger partial charge in [0.15, 0.2) is 0 Å². The number of carbonyl (C=O) groups is 2. The maximum Gasteiger partial charge on any atom is 0.407 e. The third-order valence-corrected chi connectivity index (χ3v) is 5.70. The van der Waals surface area contributed by atoms with E-state index in [9.17, 15) is 19.8 Å². The van der Waals surface area contributed by atoms with Crippen LogP contribution in [0.3, 0.4) is 0 Å². The molecular weight excluding hydrogens is 462 g/mol. The van der Waals surface area contributed by atoms with Gasteiger partial charge in [0.1, 0.15) is 11.2 Å².